The van der Waals surface area contributed by atoms with Crippen LogP contribution in [-0.4, -0.2) is 33.4 Å². The first-order valence-electron chi connectivity index (χ1n) is 8.62. The Bertz CT molecular complexity index is 673. The van der Waals surface area contributed by atoms with Gasteiger partial charge in [0.2, 0.25) is 0 Å². The summed E-state index contributed by atoms with van der Waals surface area (Å²) in [6.45, 7) is 8.19. The molecule has 24 heavy (non-hydrogen) atoms. The van der Waals surface area contributed by atoms with Gasteiger partial charge >= 0.3 is 0 Å². The van der Waals surface area contributed by atoms with Gasteiger partial charge in [0.1, 0.15) is 0 Å². The van der Waals surface area contributed by atoms with Crippen molar-refractivity contribution in [1.29, 1.82) is 0 Å². The molecule has 6 nitrogen and oxygen atoms in total. The van der Waals surface area contributed by atoms with Crippen molar-refractivity contribution in [3.8, 4) is 0 Å². The summed E-state index contributed by atoms with van der Waals surface area (Å²) in [5.74, 6) is 1.54. The van der Waals surface area contributed by atoms with Gasteiger partial charge in [-0.15, -0.1) is 0 Å². The summed E-state index contributed by atoms with van der Waals surface area (Å²) in [5, 5.41) is 4.53. The molecule has 6 heteroatoms. The molecule has 0 bridgehead atoms. The molecule has 3 rings (SSSR count). The van der Waals surface area contributed by atoms with E-state index in [1.54, 1.807) is 6.20 Å². The van der Waals surface area contributed by atoms with E-state index in [4.69, 9.17) is 11.5 Å². The Morgan fingerprint density at radius 1 is 1.33 bits per heavy atom. The van der Waals surface area contributed by atoms with E-state index in [2.05, 4.69) is 34.0 Å². The van der Waals surface area contributed by atoms with Gasteiger partial charge in [-0.25, -0.2) is 4.68 Å². The number of nitrogens with zero attached hydrogens (tertiary/aromatic N) is 4. The van der Waals surface area contributed by atoms with E-state index in [-0.39, 0.29) is 11.6 Å². The van der Waals surface area contributed by atoms with Crippen LogP contribution in [0.2, 0.25) is 0 Å². The van der Waals surface area contributed by atoms with Gasteiger partial charge in [-0.3, -0.25) is 4.98 Å². The molecule has 2 aromatic rings. The molecular weight excluding hydrogens is 300 g/mol. The molecule has 1 saturated heterocycles. The molecule has 0 saturated carbocycles. The molecular formula is C18H28N6. The lowest BCUT2D eigenvalue weighted by atomic mass is 9.97. The van der Waals surface area contributed by atoms with Gasteiger partial charge in [0.05, 0.1) is 17.9 Å². The predicted octanol–water partition coefficient (Wildman–Crippen LogP) is 2.54. The fourth-order valence-electron chi connectivity index (χ4n) is 3.73. The van der Waals surface area contributed by atoms with E-state index in [0.29, 0.717) is 5.92 Å². The average Bonchev–Trinajstić information content (AvgIpc) is 3.12. The monoisotopic (exact) mass is 328 g/mol. The number of pyridine rings is 1. The van der Waals surface area contributed by atoms with E-state index >= 15 is 0 Å². The zero-order valence-electron chi connectivity index (χ0n) is 14.8. The lowest BCUT2D eigenvalue weighted by molar-refractivity contribution is 0.356. The average molecular weight is 328 g/mol. The minimum atomic E-state index is -0.234. The summed E-state index contributed by atoms with van der Waals surface area (Å²) in [6, 6.07) is 4.42. The third-order valence-corrected chi connectivity index (χ3v) is 4.70. The molecule has 4 N–H and O–H groups in total. The lowest BCUT2D eigenvalue weighted by Crippen LogP contribution is -2.35. The molecule has 0 amide bonds. The Hall–Kier alpha value is -2.08. The molecule has 3 heterocycles. The second-order valence-corrected chi connectivity index (χ2v) is 7.62. The first-order chi connectivity index (χ1) is 11.3. The Balaban J connectivity index is 1.79. The van der Waals surface area contributed by atoms with E-state index in [1.807, 2.05) is 30.9 Å². The van der Waals surface area contributed by atoms with E-state index in [0.717, 1.165) is 37.4 Å². The SMILES string of the molecule is CC(CC(C)(C)N)n1ncc(N)c1N1CCC(c2ccncc2)C1. The Morgan fingerprint density at radius 2 is 2.04 bits per heavy atom. The summed E-state index contributed by atoms with van der Waals surface area (Å²) >= 11 is 0. The molecule has 130 valence electrons. The van der Waals surface area contributed by atoms with Crippen molar-refractivity contribution in [2.24, 2.45) is 5.73 Å². The van der Waals surface area contributed by atoms with Crippen LogP contribution in [0.15, 0.2) is 30.7 Å². The summed E-state index contributed by atoms with van der Waals surface area (Å²) in [4.78, 5) is 6.47. The van der Waals surface area contributed by atoms with Crippen LogP contribution in [-0.2, 0) is 0 Å². The van der Waals surface area contributed by atoms with E-state index < -0.39 is 0 Å². The Morgan fingerprint density at radius 3 is 2.71 bits per heavy atom. The highest BCUT2D eigenvalue weighted by molar-refractivity contribution is 5.63. The second-order valence-electron chi connectivity index (χ2n) is 7.62. The van der Waals surface area contributed by atoms with Crippen LogP contribution in [0.5, 0.6) is 0 Å². The highest BCUT2D eigenvalue weighted by Gasteiger charge is 2.29. The van der Waals surface area contributed by atoms with Crippen LogP contribution in [0.3, 0.4) is 0 Å². The first kappa shape index (κ1) is 16.8. The smallest absolute Gasteiger partial charge is 0.150 e. The molecule has 0 spiro atoms. The zero-order chi connectivity index (χ0) is 17.3. The van der Waals surface area contributed by atoms with E-state index in [1.165, 1.54) is 5.56 Å². The minimum absolute atomic E-state index is 0.206. The van der Waals surface area contributed by atoms with Crippen LogP contribution in [0.4, 0.5) is 11.5 Å². The van der Waals surface area contributed by atoms with Gasteiger partial charge in [-0.05, 0) is 51.3 Å². The Labute approximate surface area is 143 Å². The van der Waals surface area contributed by atoms with Crippen molar-refractivity contribution in [2.45, 2.75) is 51.1 Å². The highest BCUT2D eigenvalue weighted by Crippen LogP contribution is 2.35. The first-order valence-corrected chi connectivity index (χ1v) is 8.62. The van der Waals surface area contributed by atoms with Crippen LogP contribution >= 0.6 is 0 Å². The maximum Gasteiger partial charge on any atom is 0.150 e. The largest absolute Gasteiger partial charge is 0.394 e. The van der Waals surface area contributed by atoms with Crippen LogP contribution in [0, 0.1) is 0 Å². The minimum Gasteiger partial charge on any atom is -0.394 e. The van der Waals surface area contributed by atoms with Crippen molar-refractivity contribution in [2.75, 3.05) is 23.7 Å². The lowest BCUT2D eigenvalue weighted by Gasteiger charge is -2.28. The van der Waals surface area contributed by atoms with Gasteiger partial charge in [-0.1, -0.05) is 0 Å². The second kappa shape index (κ2) is 6.43. The zero-order valence-corrected chi connectivity index (χ0v) is 14.8. The number of anilines is 2. The predicted molar refractivity (Wildman–Crippen MR) is 98.0 cm³/mol. The molecule has 2 aromatic heterocycles. The molecule has 1 aliphatic rings. The summed E-state index contributed by atoms with van der Waals surface area (Å²) in [7, 11) is 0. The number of hydrogen-bond acceptors (Lipinski definition) is 5. The van der Waals surface area contributed by atoms with Crippen molar-refractivity contribution in [3.05, 3.63) is 36.3 Å². The molecule has 1 aliphatic heterocycles. The van der Waals surface area contributed by atoms with Crippen molar-refractivity contribution in [1.82, 2.24) is 14.8 Å². The number of rotatable bonds is 5. The molecule has 0 aromatic carbocycles. The molecule has 1 fully saturated rings. The maximum absolute atomic E-state index is 6.24. The number of aromatic nitrogens is 3. The topological polar surface area (TPSA) is 86.0 Å². The van der Waals surface area contributed by atoms with Gasteiger partial charge in [-0.2, -0.15) is 5.10 Å². The fourth-order valence-corrected chi connectivity index (χ4v) is 3.73. The molecule has 0 aliphatic carbocycles. The number of nitrogen functional groups attached to an aromatic ring is 1. The summed E-state index contributed by atoms with van der Waals surface area (Å²) in [5.41, 5.74) is 14.3. The molecule has 2 unspecified atom stereocenters. The third kappa shape index (κ3) is 3.53. The molecule has 2 atom stereocenters. The summed E-state index contributed by atoms with van der Waals surface area (Å²) < 4.78 is 2.04. The van der Waals surface area contributed by atoms with Crippen molar-refractivity contribution >= 4 is 11.5 Å². The number of hydrogen-bond donors (Lipinski definition) is 2. The van der Waals surface area contributed by atoms with E-state index in [9.17, 15) is 0 Å². The van der Waals surface area contributed by atoms with Crippen LogP contribution < -0.4 is 16.4 Å². The van der Waals surface area contributed by atoms with Crippen LogP contribution in [0.1, 0.15) is 51.1 Å². The van der Waals surface area contributed by atoms with Crippen molar-refractivity contribution < 1.29 is 0 Å². The van der Waals surface area contributed by atoms with Gasteiger partial charge in [0, 0.05) is 36.9 Å². The summed E-state index contributed by atoms with van der Waals surface area (Å²) in [6.07, 6.45) is 7.45. The Kier molecular flexibility index (Phi) is 4.49. The quantitative estimate of drug-likeness (QED) is 0.881. The highest BCUT2D eigenvalue weighted by atomic mass is 15.4. The normalized spacial score (nSPS) is 19.7. The maximum atomic E-state index is 6.24. The number of nitrogens with two attached hydrogens (primary N) is 2. The third-order valence-electron chi connectivity index (χ3n) is 4.70. The fraction of sp³-hybridized carbons (Fsp3) is 0.556. The van der Waals surface area contributed by atoms with Gasteiger partial charge in [0.15, 0.2) is 5.82 Å². The van der Waals surface area contributed by atoms with Gasteiger partial charge < -0.3 is 16.4 Å². The molecule has 0 radical (unpaired) electrons. The standard InChI is InChI=1S/C18H28N6/c1-13(10-18(2,3)20)24-17(16(19)11-22-24)23-9-6-15(12-23)14-4-7-21-8-5-14/h4-5,7-8,11,13,15H,6,9-10,12,19-20H2,1-3H3. The van der Waals surface area contributed by atoms with Crippen LogP contribution in [0.25, 0.3) is 0 Å². The van der Waals surface area contributed by atoms with Gasteiger partial charge in [0.25, 0.3) is 0 Å². The van der Waals surface area contributed by atoms with Crippen molar-refractivity contribution in [3.63, 3.8) is 0 Å².